The topological polar surface area (TPSA) is 69.6 Å². The highest BCUT2D eigenvalue weighted by molar-refractivity contribution is 5.76. The number of carboxylic acid groups (broad SMARTS) is 1. The maximum atomic E-state index is 11.9. The quantitative estimate of drug-likeness (QED) is 0.0684. The molecule has 5 heteroatoms. The zero-order valence-corrected chi connectivity index (χ0v) is 23.5. The standard InChI is InChI=1S/C29H60N2O3/c1-5-6-7-8-9-10-11-12-13-14-15-16-17-18-19-20-21-22-23-24-26-30-29(25-27-32,28(33)34)31(2,3)4/h30,32H,5-27H2,1-4H3/p+1. The van der Waals surface area contributed by atoms with Crippen LogP contribution in [0.1, 0.15) is 142 Å². The van der Waals surface area contributed by atoms with Gasteiger partial charge in [-0.05, 0) is 6.42 Å². The molecule has 0 aromatic heterocycles. The molecule has 0 saturated heterocycles. The Kier molecular flexibility index (Phi) is 21.2. The summed E-state index contributed by atoms with van der Waals surface area (Å²) in [6.07, 6.45) is 27.4. The Morgan fingerprint density at radius 1 is 0.647 bits per heavy atom. The number of aliphatic hydroxyl groups excluding tert-OH is 1. The Morgan fingerprint density at radius 2 is 0.971 bits per heavy atom. The summed E-state index contributed by atoms with van der Waals surface area (Å²) < 4.78 is 0.252. The van der Waals surface area contributed by atoms with Crippen molar-refractivity contribution in [2.45, 2.75) is 147 Å². The molecule has 3 N–H and O–H groups in total. The number of unbranched alkanes of at least 4 members (excludes halogenated alkanes) is 19. The van der Waals surface area contributed by atoms with E-state index in [0.29, 0.717) is 6.54 Å². The van der Waals surface area contributed by atoms with Crippen molar-refractivity contribution >= 4 is 5.97 Å². The minimum absolute atomic E-state index is 0.131. The summed E-state index contributed by atoms with van der Waals surface area (Å²) in [5.41, 5.74) is -1.12. The van der Waals surface area contributed by atoms with E-state index < -0.39 is 11.6 Å². The lowest BCUT2D eigenvalue weighted by Gasteiger charge is -2.43. The third-order valence-corrected chi connectivity index (χ3v) is 7.42. The molecule has 0 saturated carbocycles. The second-order valence-electron chi connectivity index (χ2n) is 11.3. The van der Waals surface area contributed by atoms with Crippen LogP contribution in [0.5, 0.6) is 0 Å². The van der Waals surface area contributed by atoms with E-state index in [0.717, 1.165) is 12.8 Å². The molecule has 0 rings (SSSR count). The van der Waals surface area contributed by atoms with Gasteiger partial charge in [0.1, 0.15) is 0 Å². The highest BCUT2D eigenvalue weighted by atomic mass is 16.4. The largest absolute Gasteiger partial charge is 0.476 e. The molecule has 0 radical (unpaired) electrons. The van der Waals surface area contributed by atoms with E-state index in [9.17, 15) is 15.0 Å². The van der Waals surface area contributed by atoms with Gasteiger partial charge in [-0.25, -0.2) is 4.79 Å². The van der Waals surface area contributed by atoms with Crippen LogP contribution in [0.2, 0.25) is 0 Å². The van der Waals surface area contributed by atoms with Crippen molar-refractivity contribution in [2.75, 3.05) is 34.3 Å². The molecule has 34 heavy (non-hydrogen) atoms. The first-order chi connectivity index (χ1) is 16.3. The average Bonchev–Trinajstić information content (AvgIpc) is 2.78. The first-order valence-electron chi connectivity index (χ1n) is 14.7. The molecule has 1 unspecified atom stereocenters. The summed E-state index contributed by atoms with van der Waals surface area (Å²) in [5.74, 6) is -0.887. The molecule has 0 aliphatic rings. The van der Waals surface area contributed by atoms with Gasteiger partial charge < -0.3 is 14.7 Å². The second kappa shape index (κ2) is 21.6. The summed E-state index contributed by atoms with van der Waals surface area (Å²) in [6.45, 7) is 2.84. The number of aliphatic carboxylic acids is 1. The number of hydrogen-bond donors (Lipinski definition) is 3. The van der Waals surface area contributed by atoms with E-state index >= 15 is 0 Å². The SMILES string of the molecule is CCCCCCCCCCCCCCCCCCCCCCNC(CCO)(C(=O)O)[N+](C)(C)C. The number of likely N-dealkylation sites (N-methyl/N-ethyl adjacent to an activating group) is 1. The Balaban J connectivity index is 3.49. The molecule has 5 nitrogen and oxygen atoms in total. The molecule has 0 amide bonds. The first kappa shape index (κ1) is 33.4. The summed E-state index contributed by atoms with van der Waals surface area (Å²) in [4.78, 5) is 11.9. The summed E-state index contributed by atoms with van der Waals surface area (Å²) in [7, 11) is 5.61. The second-order valence-corrected chi connectivity index (χ2v) is 11.3. The fraction of sp³-hybridized carbons (Fsp3) is 0.966. The van der Waals surface area contributed by atoms with Crippen LogP contribution in [0, 0.1) is 0 Å². The van der Waals surface area contributed by atoms with Crippen LogP contribution >= 0.6 is 0 Å². The third kappa shape index (κ3) is 16.1. The van der Waals surface area contributed by atoms with Crippen molar-refractivity contribution in [3.8, 4) is 0 Å². The van der Waals surface area contributed by atoms with Gasteiger partial charge in [-0.1, -0.05) is 129 Å². The zero-order chi connectivity index (χ0) is 25.5. The molecule has 0 heterocycles. The number of rotatable bonds is 26. The molecule has 204 valence electrons. The van der Waals surface area contributed by atoms with Crippen molar-refractivity contribution in [1.29, 1.82) is 0 Å². The monoisotopic (exact) mass is 485 g/mol. The number of hydrogen-bond acceptors (Lipinski definition) is 3. The Labute approximate surface area is 212 Å². The number of quaternary nitrogens is 1. The molecule has 0 aromatic rings. The van der Waals surface area contributed by atoms with Gasteiger partial charge in [0, 0.05) is 6.54 Å². The maximum absolute atomic E-state index is 11.9. The van der Waals surface area contributed by atoms with Crippen LogP contribution < -0.4 is 5.32 Å². The zero-order valence-electron chi connectivity index (χ0n) is 23.5. The fourth-order valence-corrected chi connectivity index (χ4v) is 4.97. The van der Waals surface area contributed by atoms with E-state index in [1.54, 1.807) is 0 Å². The van der Waals surface area contributed by atoms with Gasteiger partial charge in [-0.2, -0.15) is 0 Å². The van der Waals surface area contributed by atoms with Gasteiger partial charge in [-0.3, -0.25) is 5.32 Å². The average molecular weight is 486 g/mol. The highest BCUT2D eigenvalue weighted by Crippen LogP contribution is 2.21. The van der Waals surface area contributed by atoms with E-state index in [2.05, 4.69) is 12.2 Å². The molecule has 0 bridgehead atoms. The first-order valence-corrected chi connectivity index (χ1v) is 14.7. The molecular weight excluding hydrogens is 424 g/mol. The van der Waals surface area contributed by atoms with Gasteiger partial charge in [-0.15, -0.1) is 0 Å². The maximum Gasteiger partial charge on any atom is 0.382 e. The van der Waals surface area contributed by atoms with E-state index in [1.807, 2.05) is 21.1 Å². The smallest absolute Gasteiger partial charge is 0.382 e. The van der Waals surface area contributed by atoms with Crippen molar-refractivity contribution in [1.82, 2.24) is 5.32 Å². The summed E-state index contributed by atoms with van der Waals surface area (Å²) in [6, 6.07) is 0. The van der Waals surface area contributed by atoms with E-state index in [-0.39, 0.29) is 17.5 Å². The molecule has 0 aromatic carbocycles. The van der Waals surface area contributed by atoms with Crippen LogP contribution in [0.25, 0.3) is 0 Å². The molecular formula is C29H61N2O3+. The molecule has 0 fully saturated rings. The van der Waals surface area contributed by atoms with Crippen molar-refractivity contribution in [3.05, 3.63) is 0 Å². The lowest BCUT2D eigenvalue weighted by atomic mass is 10.0. The Bertz CT molecular complexity index is 465. The van der Waals surface area contributed by atoms with Crippen LogP contribution in [0.3, 0.4) is 0 Å². The van der Waals surface area contributed by atoms with E-state index in [4.69, 9.17) is 0 Å². The van der Waals surface area contributed by atoms with Crippen LogP contribution in [0.15, 0.2) is 0 Å². The van der Waals surface area contributed by atoms with Gasteiger partial charge in [0.05, 0.1) is 34.2 Å². The predicted molar refractivity (Wildman–Crippen MR) is 146 cm³/mol. The van der Waals surface area contributed by atoms with Crippen LogP contribution in [-0.4, -0.2) is 60.6 Å². The minimum atomic E-state index is -1.12. The lowest BCUT2D eigenvalue weighted by Crippen LogP contribution is -2.70. The predicted octanol–water partition coefficient (Wildman–Crippen LogP) is 7.27. The van der Waals surface area contributed by atoms with Gasteiger partial charge in [0.2, 0.25) is 0 Å². The lowest BCUT2D eigenvalue weighted by molar-refractivity contribution is -0.918. The van der Waals surface area contributed by atoms with Crippen LogP contribution in [-0.2, 0) is 4.79 Å². The number of carbonyl (C=O) groups is 1. The summed E-state index contributed by atoms with van der Waals surface area (Å²) in [5, 5.41) is 22.4. The highest BCUT2D eigenvalue weighted by Gasteiger charge is 2.49. The van der Waals surface area contributed by atoms with Crippen molar-refractivity contribution in [2.24, 2.45) is 0 Å². The Morgan fingerprint density at radius 3 is 1.24 bits per heavy atom. The van der Waals surface area contributed by atoms with Gasteiger partial charge in [0.25, 0.3) is 5.66 Å². The number of nitrogens with one attached hydrogen (secondary N) is 1. The number of carboxylic acids is 1. The normalized spacial score (nSPS) is 13.8. The Hall–Kier alpha value is -0.650. The van der Waals surface area contributed by atoms with Gasteiger partial charge in [0.15, 0.2) is 0 Å². The van der Waals surface area contributed by atoms with Crippen LogP contribution in [0.4, 0.5) is 0 Å². The number of aliphatic hydroxyl groups is 1. The molecule has 1 atom stereocenters. The molecule has 0 aliphatic carbocycles. The van der Waals surface area contributed by atoms with E-state index in [1.165, 1.54) is 116 Å². The number of nitrogens with zero attached hydrogens (tertiary/aromatic N) is 1. The fourth-order valence-electron chi connectivity index (χ4n) is 4.97. The van der Waals surface area contributed by atoms with Crippen molar-refractivity contribution in [3.63, 3.8) is 0 Å². The van der Waals surface area contributed by atoms with Crippen molar-refractivity contribution < 1.29 is 19.5 Å². The molecule has 0 aliphatic heterocycles. The van der Waals surface area contributed by atoms with Gasteiger partial charge >= 0.3 is 5.97 Å². The minimum Gasteiger partial charge on any atom is -0.476 e. The third-order valence-electron chi connectivity index (χ3n) is 7.42. The molecule has 0 spiro atoms. The summed E-state index contributed by atoms with van der Waals surface area (Å²) >= 11 is 0.